The van der Waals surface area contributed by atoms with Gasteiger partial charge in [-0.3, -0.25) is 9.78 Å². The van der Waals surface area contributed by atoms with Crippen molar-refractivity contribution in [1.82, 2.24) is 29.8 Å². The van der Waals surface area contributed by atoms with Gasteiger partial charge in [-0.05, 0) is 31.6 Å². The van der Waals surface area contributed by atoms with Crippen molar-refractivity contribution in [3.8, 4) is 0 Å². The van der Waals surface area contributed by atoms with Crippen LogP contribution in [0.25, 0.3) is 0 Å². The van der Waals surface area contributed by atoms with Gasteiger partial charge in [-0.15, -0.1) is 5.10 Å². The molecule has 4 heterocycles. The number of carbonyl (C=O) groups is 1. The van der Waals surface area contributed by atoms with E-state index in [1.165, 1.54) is 17.2 Å². The molecule has 4 rings (SSSR count). The molecule has 1 amide bonds. The predicted octanol–water partition coefficient (Wildman–Crippen LogP) is 4.31. The molecule has 0 aliphatic carbocycles. The van der Waals surface area contributed by atoms with Crippen molar-refractivity contribution in [3.63, 3.8) is 0 Å². The Bertz CT molecular complexity index is 1140. The van der Waals surface area contributed by atoms with Gasteiger partial charge >= 0.3 is 6.18 Å². The monoisotopic (exact) mass is 470 g/mol. The van der Waals surface area contributed by atoms with Crippen LogP contribution in [0.1, 0.15) is 53.5 Å². The lowest BCUT2D eigenvalue weighted by molar-refractivity contribution is -0.141. The molecule has 2 atom stereocenters. The number of likely N-dealkylation sites (N-methyl/N-ethyl adjacent to an activating group) is 1. The third kappa shape index (κ3) is 3.64. The van der Waals surface area contributed by atoms with Crippen molar-refractivity contribution in [3.05, 3.63) is 63.6 Å². The standard InChI is InChI=1S/C20H19ClF4N6O/c1-10-8-15(29(3)9-13(10)22)31-14-5-7-30(11(2)17(14)27-28-31)19(32)12-4-6-26-18(16(12)21)20(23,24)25/h4,6,8-9,11,15H,5,7H2,1-3H3/t11-,15?/m1/s1. The summed E-state index contributed by atoms with van der Waals surface area (Å²) in [6.07, 6.45) is -0.775. The molecule has 0 bridgehead atoms. The first-order valence-electron chi connectivity index (χ1n) is 9.75. The van der Waals surface area contributed by atoms with Crippen LogP contribution in [0, 0.1) is 0 Å². The van der Waals surface area contributed by atoms with E-state index in [4.69, 9.17) is 11.6 Å². The van der Waals surface area contributed by atoms with E-state index in [2.05, 4.69) is 15.3 Å². The van der Waals surface area contributed by atoms with Crippen LogP contribution < -0.4 is 0 Å². The van der Waals surface area contributed by atoms with Gasteiger partial charge in [-0.2, -0.15) is 13.2 Å². The molecule has 32 heavy (non-hydrogen) atoms. The molecule has 0 aromatic carbocycles. The zero-order valence-electron chi connectivity index (χ0n) is 17.4. The average Bonchev–Trinajstić information content (AvgIpc) is 3.14. The number of allylic oxidation sites excluding steroid dienone is 2. The quantitative estimate of drug-likeness (QED) is 0.612. The Hall–Kier alpha value is -2.95. The smallest absolute Gasteiger partial charge is 0.353 e. The Labute approximate surface area is 186 Å². The van der Waals surface area contributed by atoms with Crippen molar-refractivity contribution < 1.29 is 22.4 Å². The van der Waals surface area contributed by atoms with Gasteiger partial charge in [0.25, 0.3) is 5.91 Å². The highest BCUT2D eigenvalue weighted by Crippen LogP contribution is 2.37. The Morgan fingerprint density at radius 3 is 2.72 bits per heavy atom. The molecule has 2 aliphatic rings. The third-order valence-corrected chi connectivity index (χ3v) is 6.07. The number of alkyl halides is 3. The second kappa shape index (κ2) is 7.88. The van der Waals surface area contributed by atoms with E-state index in [1.807, 2.05) is 0 Å². The Morgan fingerprint density at radius 1 is 1.31 bits per heavy atom. The van der Waals surface area contributed by atoms with Crippen LogP contribution in [-0.4, -0.2) is 49.3 Å². The number of carbonyl (C=O) groups excluding carboxylic acids is 1. The third-order valence-electron chi connectivity index (χ3n) is 5.68. The van der Waals surface area contributed by atoms with E-state index < -0.39 is 28.8 Å². The number of pyridine rings is 1. The van der Waals surface area contributed by atoms with E-state index in [9.17, 15) is 22.4 Å². The van der Waals surface area contributed by atoms with Gasteiger partial charge in [0.15, 0.2) is 5.69 Å². The highest BCUT2D eigenvalue weighted by atomic mass is 35.5. The lowest BCUT2D eigenvalue weighted by Crippen LogP contribution is -2.40. The minimum atomic E-state index is -4.78. The van der Waals surface area contributed by atoms with Crippen LogP contribution in [0.15, 0.2) is 35.9 Å². The minimum absolute atomic E-state index is 0.226. The summed E-state index contributed by atoms with van der Waals surface area (Å²) in [6.45, 7) is 3.61. The summed E-state index contributed by atoms with van der Waals surface area (Å²) in [5, 5.41) is 7.71. The number of amides is 1. The van der Waals surface area contributed by atoms with E-state index >= 15 is 0 Å². The number of hydrogen-bond donors (Lipinski definition) is 0. The first-order valence-corrected chi connectivity index (χ1v) is 10.1. The van der Waals surface area contributed by atoms with Gasteiger partial charge in [0.05, 0.1) is 22.3 Å². The van der Waals surface area contributed by atoms with Crippen molar-refractivity contribution in [1.29, 1.82) is 0 Å². The molecule has 12 heteroatoms. The number of hydrogen-bond acceptors (Lipinski definition) is 5. The maximum absolute atomic E-state index is 13.9. The molecule has 0 fully saturated rings. The van der Waals surface area contributed by atoms with Crippen LogP contribution in [0.5, 0.6) is 0 Å². The second-order valence-corrected chi connectivity index (χ2v) is 8.09. The lowest BCUT2D eigenvalue weighted by atomic mass is 10.0. The summed E-state index contributed by atoms with van der Waals surface area (Å²) in [6, 6.07) is 0.620. The molecule has 2 aliphatic heterocycles. The van der Waals surface area contributed by atoms with E-state index in [0.29, 0.717) is 17.7 Å². The van der Waals surface area contributed by atoms with Crippen LogP contribution in [0.2, 0.25) is 5.02 Å². The number of halogens is 5. The lowest BCUT2D eigenvalue weighted by Gasteiger charge is -2.34. The zero-order valence-corrected chi connectivity index (χ0v) is 18.1. The maximum Gasteiger partial charge on any atom is 0.434 e. The van der Waals surface area contributed by atoms with Gasteiger partial charge in [-0.25, -0.2) is 9.07 Å². The average molecular weight is 471 g/mol. The summed E-state index contributed by atoms with van der Waals surface area (Å²) < 4.78 is 54.9. The van der Waals surface area contributed by atoms with E-state index in [0.717, 1.165) is 11.9 Å². The van der Waals surface area contributed by atoms with Crippen LogP contribution in [0.4, 0.5) is 17.6 Å². The van der Waals surface area contributed by atoms with Crippen molar-refractivity contribution >= 4 is 17.5 Å². The topological polar surface area (TPSA) is 67.2 Å². The Kier molecular flexibility index (Phi) is 5.48. The molecule has 0 saturated carbocycles. The van der Waals surface area contributed by atoms with Crippen molar-refractivity contribution in [2.75, 3.05) is 13.6 Å². The highest BCUT2D eigenvalue weighted by molar-refractivity contribution is 6.34. The first kappa shape index (κ1) is 22.3. The Balaban J connectivity index is 1.64. The highest BCUT2D eigenvalue weighted by Gasteiger charge is 2.39. The molecule has 7 nitrogen and oxygen atoms in total. The van der Waals surface area contributed by atoms with Gasteiger partial charge in [0.1, 0.15) is 17.7 Å². The first-order chi connectivity index (χ1) is 15.0. The molecule has 0 radical (unpaired) electrons. The minimum Gasteiger partial charge on any atom is -0.353 e. The fourth-order valence-corrected chi connectivity index (χ4v) is 4.23. The van der Waals surface area contributed by atoms with Gasteiger partial charge < -0.3 is 9.80 Å². The zero-order chi connectivity index (χ0) is 23.4. The number of fused-ring (bicyclic) bond motifs is 1. The summed E-state index contributed by atoms with van der Waals surface area (Å²) in [5.41, 5.74) is 0.202. The summed E-state index contributed by atoms with van der Waals surface area (Å²) >= 11 is 5.89. The Morgan fingerprint density at radius 2 is 2.03 bits per heavy atom. The molecule has 0 N–H and O–H groups in total. The molecule has 170 valence electrons. The van der Waals surface area contributed by atoms with Crippen molar-refractivity contribution in [2.45, 2.75) is 38.7 Å². The summed E-state index contributed by atoms with van der Waals surface area (Å²) in [5.74, 6) is -0.985. The molecule has 2 aromatic rings. The summed E-state index contributed by atoms with van der Waals surface area (Å²) in [4.78, 5) is 19.4. The fourth-order valence-electron chi connectivity index (χ4n) is 3.93. The molecular formula is C20H19ClF4N6O. The van der Waals surface area contributed by atoms with Gasteiger partial charge in [-0.1, -0.05) is 16.8 Å². The number of aromatic nitrogens is 4. The van der Waals surface area contributed by atoms with E-state index in [-0.39, 0.29) is 24.1 Å². The van der Waals surface area contributed by atoms with Crippen LogP contribution in [-0.2, 0) is 12.6 Å². The van der Waals surface area contributed by atoms with Gasteiger partial charge in [0.2, 0.25) is 0 Å². The molecule has 1 unspecified atom stereocenters. The van der Waals surface area contributed by atoms with E-state index in [1.54, 1.807) is 36.6 Å². The fraction of sp³-hybridized carbons (Fsp3) is 0.400. The summed E-state index contributed by atoms with van der Waals surface area (Å²) in [7, 11) is 1.72. The van der Waals surface area contributed by atoms with Crippen molar-refractivity contribution in [2.24, 2.45) is 0 Å². The SMILES string of the molecule is CC1=CC(n2nnc3c2CCN(C(=O)c2ccnc(C(F)(F)F)c2Cl)[C@@H]3C)N(C)C=C1F. The molecule has 2 aromatic heterocycles. The largest absolute Gasteiger partial charge is 0.434 e. The molecule has 0 spiro atoms. The predicted molar refractivity (Wildman–Crippen MR) is 107 cm³/mol. The number of rotatable bonds is 2. The van der Waals surface area contributed by atoms with Crippen LogP contribution >= 0.6 is 11.6 Å². The maximum atomic E-state index is 13.9. The van der Waals surface area contributed by atoms with Crippen LogP contribution in [0.3, 0.4) is 0 Å². The molecule has 0 saturated heterocycles. The second-order valence-electron chi connectivity index (χ2n) is 7.72. The molecular weight excluding hydrogens is 452 g/mol. The van der Waals surface area contributed by atoms with Gasteiger partial charge in [0, 0.05) is 32.4 Å². The normalized spacial score (nSPS) is 21.2. The number of nitrogens with zero attached hydrogens (tertiary/aromatic N) is 6.